The van der Waals surface area contributed by atoms with Crippen molar-refractivity contribution < 1.29 is 9.21 Å². The highest BCUT2D eigenvalue weighted by Crippen LogP contribution is 2.26. The maximum Gasteiger partial charge on any atom is 0.247 e. The topological polar surface area (TPSA) is 68.0 Å². The molecule has 0 saturated heterocycles. The van der Waals surface area contributed by atoms with E-state index in [0.717, 1.165) is 36.1 Å². The Bertz CT molecular complexity index is 662. The van der Waals surface area contributed by atoms with Gasteiger partial charge in [0.1, 0.15) is 0 Å². The van der Waals surface area contributed by atoms with Gasteiger partial charge in [-0.05, 0) is 43.9 Å². The number of allylic oxidation sites excluding steroid dienone is 2. The number of carbonyl (C=O) groups is 1. The average Bonchev–Trinajstić information content (AvgIpc) is 3.04. The molecule has 0 spiro atoms. The minimum absolute atomic E-state index is 0.0569. The van der Waals surface area contributed by atoms with E-state index < -0.39 is 0 Å². The molecule has 1 aromatic heterocycles. The van der Waals surface area contributed by atoms with Gasteiger partial charge in [0.2, 0.25) is 18.2 Å². The minimum atomic E-state index is 0.0569. The fourth-order valence-electron chi connectivity index (χ4n) is 2.46. The maximum atomic E-state index is 12.3. The van der Waals surface area contributed by atoms with Crippen molar-refractivity contribution in [2.75, 3.05) is 5.32 Å². The van der Waals surface area contributed by atoms with Gasteiger partial charge in [0, 0.05) is 17.2 Å². The summed E-state index contributed by atoms with van der Waals surface area (Å²) in [5, 5.41) is 10.6. The first-order valence-corrected chi connectivity index (χ1v) is 7.07. The van der Waals surface area contributed by atoms with Gasteiger partial charge in [0.25, 0.3) is 0 Å². The second-order valence-electron chi connectivity index (χ2n) is 5.24. The van der Waals surface area contributed by atoms with Gasteiger partial charge in [-0.1, -0.05) is 18.2 Å². The lowest BCUT2D eigenvalue weighted by molar-refractivity contribution is -0.120. The van der Waals surface area contributed by atoms with E-state index in [1.807, 2.05) is 25.1 Å². The second-order valence-corrected chi connectivity index (χ2v) is 5.24. The number of hydrogen-bond acceptors (Lipinski definition) is 4. The molecule has 2 aromatic rings. The number of carbonyl (C=O) groups excluding carboxylic acids is 1. The van der Waals surface area contributed by atoms with Crippen molar-refractivity contribution in [3.63, 3.8) is 0 Å². The summed E-state index contributed by atoms with van der Waals surface area (Å²) in [7, 11) is 0. The maximum absolute atomic E-state index is 12.3. The van der Waals surface area contributed by atoms with Crippen molar-refractivity contribution >= 4 is 11.6 Å². The SMILES string of the molecule is Cc1ccc(-c2nnco2)cc1NC(=O)[C@H]1CC=CCC1. The number of aromatic nitrogens is 2. The Labute approximate surface area is 123 Å². The summed E-state index contributed by atoms with van der Waals surface area (Å²) in [5.41, 5.74) is 2.61. The summed E-state index contributed by atoms with van der Waals surface area (Å²) in [4.78, 5) is 12.3. The normalized spacial score (nSPS) is 17.7. The van der Waals surface area contributed by atoms with Crippen molar-refractivity contribution in [3.05, 3.63) is 42.3 Å². The molecule has 1 aliphatic carbocycles. The van der Waals surface area contributed by atoms with Crippen LogP contribution in [-0.4, -0.2) is 16.1 Å². The number of benzene rings is 1. The van der Waals surface area contributed by atoms with E-state index in [9.17, 15) is 4.79 Å². The number of rotatable bonds is 3. The highest BCUT2D eigenvalue weighted by atomic mass is 16.4. The van der Waals surface area contributed by atoms with E-state index in [2.05, 4.69) is 27.7 Å². The van der Waals surface area contributed by atoms with E-state index >= 15 is 0 Å². The molecular weight excluding hydrogens is 266 g/mol. The van der Waals surface area contributed by atoms with Gasteiger partial charge < -0.3 is 9.73 Å². The van der Waals surface area contributed by atoms with Crippen LogP contribution in [-0.2, 0) is 4.79 Å². The van der Waals surface area contributed by atoms with Crippen LogP contribution in [0.2, 0.25) is 0 Å². The number of hydrogen-bond donors (Lipinski definition) is 1. The standard InChI is InChI=1S/C16H17N3O2/c1-11-7-8-13(16-19-17-10-21-16)9-14(11)18-15(20)12-5-3-2-4-6-12/h2-3,7-10,12H,4-6H2,1H3,(H,18,20)/t12-/m0/s1. The molecule has 1 amide bonds. The van der Waals surface area contributed by atoms with Gasteiger partial charge >= 0.3 is 0 Å². The molecule has 1 atom stereocenters. The first kappa shape index (κ1) is 13.5. The second kappa shape index (κ2) is 5.91. The third kappa shape index (κ3) is 3.02. The van der Waals surface area contributed by atoms with Crippen molar-refractivity contribution in [1.82, 2.24) is 10.2 Å². The molecule has 1 heterocycles. The molecule has 1 aromatic carbocycles. The lowest BCUT2D eigenvalue weighted by Crippen LogP contribution is -2.23. The van der Waals surface area contributed by atoms with Crippen LogP contribution in [0.1, 0.15) is 24.8 Å². The minimum Gasteiger partial charge on any atom is -0.423 e. The van der Waals surface area contributed by atoms with E-state index in [1.165, 1.54) is 6.39 Å². The van der Waals surface area contributed by atoms with Gasteiger partial charge in [-0.3, -0.25) is 4.79 Å². The number of nitrogens with zero attached hydrogens (tertiary/aromatic N) is 2. The van der Waals surface area contributed by atoms with Gasteiger partial charge in [-0.25, -0.2) is 0 Å². The van der Waals surface area contributed by atoms with E-state index in [-0.39, 0.29) is 11.8 Å². The Morgan fingerprint density at radius 1 is 1.38 bits per heavy atom. The molecule has 0 saturated carbocycles. The van der Waals surface area contributed by atoms with E-state index in [4.69, 9.17) is 4.42 Å². The number of nitrogens with one attached hydrogen (secondary N) is 1. The molecule has 0 fully saturated rings. The number of anilines is 1. The zero-order valence-electron chi connectivity index (χ0n) is 11.9. The van der Waals surface area contributed by atoms with E-state index in [1.54, 1.807) is 0 Å². The molecule has 108 valence electrons. The molecule has 1 aliphatic rings. The predicted octanol–water partition coefficient (Wildman–Crippen LogP) is 3.34. The Kier molecular flexibility index (Phi) is 3.81. The van der Waals surface area contributed by atoms with Crippen molar-refractivity contribution in [2.45, 2.75) is 26.2 Å². The molecule has 0 aliphatic heterocycles. The summed E-state index contributed by atoms with van der Waals surface area (Å²) < 4.78 is 5.19. The van der Waals surface area contributed by atoms with Gasteiger partial charge in [-0.2, -0.15) is 0 Å². The summed E-state index contributed by atoms with van der Waals surface area (Å²) in [6.07, 6.45) is 8.19. The molecule has 21 heavy (non-hydrogen) atoms. The summed E-state index contributed by atoms with van der Waals surface area (Å²) in [5.74, 6) is 0.581. The van der Waals surface area contributed by atoms with Crippen LogP contribution in [0.3, 0.4) is 0 Å². The lowest BCUT2D eigenvalue weighted by Gasteiger charge is -2.18. The van der Waals surface area contributed by atoms with Crippen molar-refractivity contribution in [3.8, 4) is 11.5 Å². The fraction of sp³-hybridized carbons (Fsp3) is 0.312. The van der Waals surface area contributed by atoms with Crippen LogP contribution in [0.5, 0.6) is 0 Å². The third-order valence-corrected chi connectivity index (χ3v) is 3.74. The third-order valence-electron chi connectivity index (χ3n) is 3.74. The molecular formula is C16H17N3O2. The van der Waals surface area contributed by atoms with Crippen LogP contribution < -0.4 is 5.32 Å². The van der Waals surface area contributed by atoms with E-state index in [0.29, 0.717) is 5.89 Å². The average molecular weight is 283 g/mol. The largest absolute Gasteiger partial charge is 0.423 e. The molecule has 0 unspecified atom stereocenters. The zero-order chi connectivity index (χ0) is 14.7. The van der Waals surface area contributed by atoms with Crippen molar-refractivity contribution in [2.24, 2.45) is 5.92 Å². The van der Waals surface area contributed by atoms with Crippen LogP contribution in [0, 0.1) is 12.8 Å². The molecule has 3 rings (SSSR count). The molecule has 5 heteroatoms. The summed E-state index contributed by atoms with van der Waals surface area (Å²) >= 11 is 0. The molecule has 0 radical (unpaired) electrons. The van der Waals surface area contributed by atoms with Crippen LogP contribution in [0.4, 0.5) is 5.69 Å². The summed E-state index contributed by atoms with van der Waals surface area (Å²) in [6, 6.07) is 5.72. The van der Waals surface area contributed by atoms with Gasteiger partial charge in [0.15, 0.2) is 0 Å². The van der Waals surface area contributed by atoms with Crippen LogP contribution in [0.25, 0.3) is 11.5 Å². The highest BCUT2D eigenvalue weighted by molar-refractivity contribution is 5.94. The highest BCUT2D eigenvalue weighted by Gasteiger charge is 2.19. The quantitative estimate of drug-likeness (QED) is 0.877. The Morgan fingerprint density at radius 2 is 2.29 bits per heavy atom. The Balaban J connectivity index is 1.79. The van der Waals surface area contributed by atoms with Crippen LogP contribution in [0.15, 0.2) is 41.2 Å². The predicted molar refractivity (Wildman–Crippen MR) is 79.6 cm³/mol. The number of amides is 1. The molecule has 5 nitrogen and oxygen atoms in total. The first-order chi connectivity index (χ1) is 10.2. The Hall–Kier alpha value is -2.43. The molecule has 1 N–H and O–H groups in total. The lowest BCUT2D eigenvalue weighted by atomic mass is 9.93. The van der Waals surface area contributed by atoms with Gasteiger partial charge in [-0.15, -0.1) is 10.2 Å². The molecule has 0 bridgehead atoms. The van der Waals surface area contributed by atoms with Gasteiger partial charge in [0.05, 0.1) is 0 Å². The first-order valence-electron chi connectivity index (χ1n) is 7.07. The summed E-state index contributed by atoms with van der Waals surface area (Å²) in [6.45, 7) is 1.97. The Morgan fingerprint density at radius 3 is 3.00 bits per heavy atom. The smallest absolute Gasteiger partial charge is 0.247 e. The fourth-order valence-corrected chi connectivity index (χ4v) is 2.46. The van der Waals surface area contributed by atoms with Crippen molar-refractivity contribution in [1.29, 1.82) is 0 Å². The monoisotopic (exact) mass is 283 g/mol. The van der Waals surface area contributed by atoms with Crippen LogP contribution >= 0.6 is 0 Å². The number of aryl methyl sites for hydroxylation is 1. The zero-order valence-corrected chi connectivity index (χ0v) is 11.9.